The number of sulfonamides is 1. The van der Waals surface area contributed by atoms with Crippen LogP contribution in [0.15, 0.2) is 54.6 Å². The van der Waals surface area contributed by atoms with Crippen LogP contribution < -0.4 is 9.46 Å². The first-order valence-corrected chi connectivity index (χ1v) is 7.93. The fourth-order valence-electron chi connectivity index (χ4n) is 1.84. The predicted octanol–water partition coefficient (Wildman–Crippen LogP) is 2.68. The molecule has 0 aliphatic heterocycles. The van der Waals surface area contributed by atoms with E-state index in [0.717, 1.165) is 5.56 Å². The maximum Gasteiger partial charge on any atom is 0.233 e. The van der Waals surface area contributed by atoms with Crippen molar-refractivity contribution >= 4 is 15.7 Å². The predicted molar refractivity (Wildman–Crippen MR) is 80.5 cm³/mol. The van der Waals surface area contributed by atoms with Gasteiger partial charge in [-0.05, 0) is 24.1 Å². The van der Waals surface area contributed by atoms with Gasteiger partial charge < -0.3 is 4.74 Å². The first kappa shape index (κ1) is 14.4. The van der Waals surface area contributed by atoms with E-state index in [1.807, 2.05) is 30.3 Å². The fourth-order valence-corrected chi connectivity index (χ4v) is 2.95. The summed E-state index contributed by atoms with van der Waals surface area (Å²) in [6.07, 6.45) is 0.478. The van der Waals surface area contributed by atoms with Crippen LogP contribution in [0.5, 0.6) is 5.75 Å². The second-order valence-corrected chi connectivity index (χ2v) is 6.20. The second-order valence-electron chi connectivity index (χ2n) is 4.36. The lowest BCUT2D eigenvalue weighted by molar-refractivity contribution is 0.417. The van der Waals surface area contributed by atoms with Crippen LogP contribution >= 0.6 is 0 Å². The third kappa shape index (κ3) is 3.99. The Morgan fingerprint density at radius 3 is 2.35 bits per heavy atom. The number of methoxy groups -OCH3 is 1. The van der Waals surface area contributed by atoms with E-state index in [1.165, 1.54) is 7.11 Å². The topological polar surface area (TPSA) is 55.4 Å². The van der Waals surface area contributed by atoms with Gasteiger partial charge in [0.15, 0.2) is 0 Å². The molecule has 20 heavy (non-hydrogen) atoms. The minimum absolute atomic E-state index is 0.0368. The summed E-state index contributed by atoms with van der Waals surface area (Å²) in [7, 11) is -1.88. The zero-order chi connectivity index (χ0) is 14.4. The Kier molecular flexibility index (Phi) is 4.63. The van der Waals surface area contributed by atoms with Gasteiger partial charge >= 0.3 is 0 Å². The van der Waals surface area contributed by atoms with Crippen molar-refractivity contribution in [1.82, 2.24) is 0 Å². The highest BCUT2D eigenvalue weighted by atomic mass is 32.2. The van der Waals surface area contributed by atoms with Crippen LogP contribution in [0, 0.1) is 0 Å². The zero-order valence-corrected chi connectivity index (χ0v) is 12.1. The van der Waals surface area contributed by atoms with Gasteiger partial charge in [-0.1, -0.05) is 42.5 Å². The highest BCUT2D eigenvalue weighted by molar-refractivity contribution is 7.92. The summed E-state index contributed by atoms with van der Waals surface area (Å²) in [5, 5.41) is 0. The number of anilines is 1. The Morgan fingerprint density at radius 1 is 1.00 bits per heavy atom. The molecule has 1 N–H and O–H groups in total. The largest absolute Gasteiger partial charge is 0.495 e. The van der Waals surface area contributed by atoms with Gasteiger partial charge in [-0.15, -0.1) is 0 Å². The normalized spacial score (nSPS) is 11.1. The Hall–Kier alpha value is -2.01. The van der Waals surface area contributed by atoms with E-state index in [9.17, 15) is 8.42 Å². The molecule has 0 amide bonds. The van der Waals surface area contributed by atoms with Gasteiger partial charge in [0.25, 0.3) is 0 Å². The van der Waals surface area contributed by atoms with E-state index in [0.29, 0.717) is 17.9 Å². The third-order valence-corrected chi connectivity index (χ3v) is 4.15. The molecule has 0 aromatic heterocycles. The molecule has 0 atom stereocenters. The standard InChI is InChI=1S/C15H17NO3S/c1-19-15-10-6-5-9-14(15)16-20(17,18)12-11-13-7-3-2-4-8-13/h2-10,16H,11-12H2,1H3. The van der Waals surface area contributed by atoms with E-state index < -0.39 is 10.0 Å². The average Bonchev–Trinajstić information content (AvgIpc) is 2.47. The molecule has 0 unspecified atom stereocenters. The Balaban J connectivity index is 2.04. The maximum absolute atomic E-state index is 12.1. The summed E-state index contributed by atoms with van der Waals surface area (Å²) in [6.45, 7) is 0. The summed E-state index contributed by atoms with van der Waals surface area (Å²) < 4.78 is 31.8. The number of ether oxygens (including phenoxy) is 1. The molecule has 0 saturated heterocycles. The van der Waals surface area contributed by atoms with Gasteiger partial charge in [0.2, 0.25) is 10.0 Å². The van der Waals surface area contributed by atoms with Crippen LogP contribution in [0.1, 0.15) is 5.56 Å². The molecule has 0 bridgehead atoms. The summed E-state index contributed by atoms with van der Waals surface area (Å²) in [6, 6.07) is 16.5. The molecule has 2 rings (SSSR count). The molecule has 0 spiro atoms. The number of rotatable bonds is 6. The number of nitrogens with one attached hydrogen (secondary N) is 1. The molecule has 0 radical (unpaired) electrons. The molecular weight excluding hydrogens is 274 g/mol. The van der Waals surface area contributed by atoms with Gasteiger partial charge in [0.1, 0.15) is 5.75 Å². The van der Waals surface area contributed by atoms with Gasteiger partial charge in [-0.2, -0.15) is 0 Å². The quantitative estimate of drug-likeness (QED) is 0.890. The second kappa shape index (κ2) is 6.43. The maximum atomic E-state index is 12.1. The molecule has 0 saturated carbocycles. The molecule has 0 aliphatic rings. The van der Waals surface area contributed by atoms with Crippen molar-refractivity contribution in [2.24, 2.45) is 0 Å². The summed E-state index contributed by atoms with van der Waals surface area (Å²) in [5.41, 5.74) is 1.46. The highest BCUT2D eigenvalue weighted by Gasteiger charge is 2.13. The van der Waals surface area contributed by atoms with E-state index in [2.05, 4.69) is 4.72 Å². The SMILES string of the molecule is COc1ccccc1NS(=O)(=O)CCc1ccccc1. The van der Waals surface area contributed by atoms with Gasteiger partial charge in [0.05, 0.1) is 18.6 Å². The molecule has 106 valence electrons. The van der Waals surface area contributed by atoms with Crippen molar-refractivity contribution in [3.8, 4) is 5.75 Å². The molecule has 2 aromatic carbocycles. The first-order valence-electron chi connectivity index (χ1n) is 6.28. The number of para-hydroxylation sites is 2. The Morgan fingerprint density at radius 2 is 1.65 bits per heavy atom. The van der Waals surface area contributed by atoms with Crippen LogP contribution in [-0.4, -0.2) is 21.3 Å². The van der Waals surface area contributed by atoms with Gasteiger partial charge in [-0.25, -0.2) is 8.42 Å². The molecular formula is C15H17NO3S. The van der Waals surface area contributed by atoms with Gasteiger partial charge in [0, 0.05) is 0 Å². The van der Waals surface area contributed by atoms with Crippen molar-refractivity contribution < 1.29 is 13.2 Å². The van der Waals surface area contributed by atoms with E-state index in [-0.39, 0.29) is 5.75 Å². The molecule has 2 aromatic rings. The monoisotopic (exact) mass is 291 g/mol. The van der Waals surface area contributed by atoms with Crippen molar-refractivity contribution in [2.45, 2.75) is 6.42 Å². The molecule has 0 aliphatic carbocycles. The molecule has 0 fully saturated rings. The lowest BCUT2D eigenvalue weighted by atomic mass is 10.2. The number of hydrogen-bond acceptors (Lipinski definition) is 3. The molecule has 4 nitrogen and oxygen atoms in total. The van der Waals surface area contributed by atoms with Gasteiger partial charge in [-0.3, -0.25) is 4.72 Å². The van der Waals surface area contributed by atoms with E-state index in [4.69, 9.17) is 4.74 Å². The van der Waals surface area contributed by atoms with Crippen LogP contribution in [0.3, 0.4) is 0 Å². The number of hydrogen-bond donors (Lipinski definition) is 1. The van der Waals surface area contributed by atoms with Crippen molar-refractivity contribution in [3.05, 3.63) is 60.2 Å². The van der Waals surface area contributed by atoms with E-state index in [1.54, 1.807) is 24.3 Å². The molecule has 0 heterocycles. The number of benzene rings is 2. The molecule has 5 heteroatoms. The minimum Gasteiger partial charge on any atom is -0.495 e. The van der Waals surface area contributed by atoms with E-state index >= 15 is 0 Å². The van der Waals surface area contributed by atoms with Crippen LogP contribution in [0.2, 0.25) is 0 Å². The van der Waals surface area contributed by atoms with Crippen LogP contribution in [0.4, 0.5) is 5.69 Å². The minimum atomic E-state index is -3.40. The first-order chi connectivity index (χ1) is 9.61. The summed E-state index contributed by atoms with van der Waals surface area (Å²) in [4.78, 5) is 0. The van der Waals surface area contributed by atoms with Crippen LogP contribution in [-0.2, 0) is 16.4 Å². The summed E-state index contributed by atoms with van der Waals surface area (Å²) in [5.74, 6) is 0.547. The van der Waals surface area contributed by atoms with Crippen molar-refractivity contribution in [2.75, 3.05) is 17.6 Å². The fraction of sp³-hybridized carbons (Fsp3) is 0.200. The average molecular weight is 291 g/mol. The number of aryl methyl sites for hydroxylation is 1. The third-order valence-electron chi connectivity index (χ3n) is 2.87. The van der Waals surface area contributed by atoms with Crippen LogP contribution in [0.25, 0.3) is 0 Å². The smallest absolute Gasteiger partial charge is 0.233 e. The highest BCUT2D eigenvalue weighted by Crippen LogP contribution is 2.24. The lowest BCUT2D eigenvalue weighted by Crippen LogP contribution is -2.18. The lowest BCUT2D eigenvalue weighted by Gasteiger charge is -2.11. The van der Waals surface area contributed by atoms with Crippen molar-refractivity contribution in [1.29, 1.82) is 0 Å². The summed E-state index contributed by atoms with van der Waals surface area (Å²) >= 11 is 0. The Labute approximate surface area is 119 Å². The van der Waals surface area contributed by atoms with Crippen molar-refractivity contribution in [3.63, 3.8) is 0 Å². The Bertz CT molecular complexity index is 654. The zero-order valence-electron chi connectivity index (χ0n) is 11.2.